The summed E-state index contributed by atoms with van der Waals surface area (Å²) in [4.78, 5) is 7.95. The molecule has 1 aliphatic carbocycles. The molecule has 0 aromatic heterocycles. The van der Waals surface area contributed by atoms with Crippen LogP contribution in [0.3, 0.4) is 0 Å². The third kappa shape index (κ3) is 6.33. The molecule has 8 aromatic carbocycles. The van der Waals surface area contributed by atoms with Gasteiger partial charge in [0.05, 0.1) is 11.2 Å². The van der Waals surface area contributed by atoms with Crippen molar-refractivity contribution in [3.05, 3.63) is 208 Å². The molecule has 2 atom stereocenters. The first-order valence-corrected chi connectivity index (χ1v) is 25.3. The molecule has 8 aromatic rings. The van der Waals surface area contributed by atoms with Crippen LogP contribution in [-0.4, -0.2) is 6.71 Å². The first kappa shape index (κ1) is 43.5. The topological polar surface area (TPSA) is 9.72 Å². The molecule has 0 radical (unpaired) electrons. The van der Waals surface area contributed by atoms with Crippen LogP contribution in [0.5, 0.6) is 0 Å². The van der Waals surface area contributed by atoms with Crippen molar-refractivity contribution in [2.45, 2.75) is 111 Å². The normalized spacial score (nSPS) is 18.8. The minimum atomic E-state index is -0.316. The molecule has 0 N–H and O–H groups in total. The lowest BCUT2D eigenvalue weighted by molar-refractivity contribution is 0.245. The second kappa shape index (κ2) is 15.1. The maximum absolute atomic E-state index is 2.76. The van der Waals surface area contributed by atoms with Crippen LogP contribution in [0.25, 0.3) is 11.1 Å². The smallest absolute Gasteiger partial charge is 0.252 e. The lowest BCUT2D eigenvalue weighted by Crippen LogP contribution is -2.61. The first-order chi connectivity index (χ1) is 33.0. The fourth-order valence-corrected chi connectivity index (χ4v) is 13.1. The molecule has 0 spiro atoms. The first-order valence-electron chi connectivity index (χ1n) is 25.3. The molecular formula is C65H64BN3. The van der Waals surface area contributed by atoms with Crippen molar-refractivity contribution in [3.8, 4) is 11.1 Å². The minimum Gasteiger partial charge on any atom is -0.330 e. The zero-order valence-electron chi connectivity index (χ0n) is 42.4. The summed E-state index contributed by atoms with van der Waals surface area (Å²) in [6, 6.07) is 63.4. The molecular weight excluding hydrogens is 834 g/mol. The maximum Gasteiger partial charge on any atom is 0.252 e. The van der Waals surface area contributed by atoms with Crippen molar-refractivity contribution in [2.24, 2.45) is 0 Å². The van der Waals surface area contributed by atoms with Gasteiger partial charge in [-0.25, -0.2) is 0 Å². The Kier molecular flexibility index (Phi) is 9.53. The predicted molar refractivity (Wildman–Crippen MR) is 296 cm³/mol. The second-order valence-corrected chi connectivity index (χ2v) is 23.1. The zero-order valence-corrected chi connectivity index (χ0v) is 42.4. The highest BCUT2D eigenvalue weighted by molar-refractivity contribution is 7.00. The summed E-state index contributed by atoms with van der Waals surface area (Å²) in [7, 11) is 0. The van der Waals surface area contributed by atoms with E-state index < -0.39 is 0 Å². The van der Waals surface area contributed by atoms with Crippen LogP contribution < -0.4 is 31.1 Å². The van der Waals surface area contributed by atoms with Gasteiger partial charge < -0.3 is 14.7 Å². The van der Waals surface area contributed by atoms with Crippen molar-refractivity contribution in [1.82, 2.24) is 0 Å². The summed E-state index contributed by atoms with van der Waals surface area (Å²) in [6.45, 7) is 25.9. The second-order valence-electron chi connectivity index (χ2n) is 23.1. The van der Waals surface area contributed by atoms with Crippen LogP contribution in [0.15, 0.2) is 164 Å². The van der Waals surface area contributed by atoms with Gasteiger partial charge >= 0.3 is 0 Å². The van der Waals surface area contributed by atoms with Gasteiger partial charge in [0.15, 0.2) is 0 Å². The number of nitrogens with zero attached hydrogens (tertiary/aromatic N) is 3. The maximum atomic E-state index is 2.76. The summed E-state index contributed by atoms with van der Waals surface area (Å²) < 4.78 is 0. The Balaban J connectivity index is 1.14. The number of hydrogen-bond donors (Lipinski definition) is 0. The van der Waals surface area contributed by atoms with E-state index in [-0.39, 0.29) is 28.5 Å². The van der Waals surface area contributed by atoms with Gasteiger partial charge in [0.1, 0.15) is 0 Å². The van der Waals surface area contributed by atoms with E-state index >= 15 is 0 Å². The number of fused-ring (bicyclic) bond motifs is 9. The average Bonchev–Trinajstić information content (AvgIpc) is 3.54. The summed E-state index contributed by atoms with van der Waals surface area (Å²) in [5.74, 6) is 0. The Hall–Kier alpha value is -6.78. The van der Waals surface area contributed by atoms with Gasteiger partial charge in [-0.15, -0.1) is 0 Å². The van der Waals surface area contributed by atoms with E-state index in [1.807, 2.05) is 0 Å². The van der Waals surface area contributed by atoms with E-state index in [2.05, 4.69) is 255 Å². The van der Waals surface area contributed by atoms with Gasteiger partial charge in [-0.1, -0.05) is 163 Å². The standard InChI is InChI=1S/C65H64BN3/c1-41-35-43(3)61-52(36-41)64(10)34-33-45-21-15-16-22-51(45)65(64,11)69(61)49-30-31-54-57(40-49)67(48-28-25-46(26-29-48)62(4,5)6)58-37-42(2)38-59-60(58)66(54)53-23-17-18-24-56(53)68(59)55-32-27-47(63(7,8)9)39-50(55)44-19-13-12-14-20-44/h12-32,35-40H,33-34H2,1-11H3. The summed E-state index contributed by atoms with van der Waals surface area (Å²) >= 11 is 0. The van der Waals surface area contributed by atoms with E-state index in [0.717, 1.165) is 12.8 Å². The highest BCUT2D eigenvalue weighted by Crippen LogP contribution is 2.65. The van der Waals surface area contributed by atoms with Crippen LogP contribution >= 0.6 is 0 Å². The van der Waals surface area contributed by atoms with Gasteiger partial charge in [-0.3, -0.25) is 0 Å². The van der Waals surface area contributed by atoms with Crippen molar-refractivity contribution in [2.75, 3.05) is 14.7 Å². The molecule has 0 fully saturated rings. The Labute approximate surface area is 411 Å². The zero-order chi connectivity index (χ0) is 47.9. The van der Waals surface area contributed by atoms with Gasteiger partial charge in [-0.05, 0) is 167 Å². The summed E-state index contributed by atoms with van der Waals surface area (Å²) in [5.41, 5.74) is 26.9. The average molecular weight is 898 g/mol. The summed E-state index contributed by atoms with van der Waals surface area (Å²) in [5, 5.41) is 0. The number of benzene rings is 8. The molecule has 12 rings (SSSR count). The molecule has 0 bridgehead atoms. The van der Waals surface area contributed by atoms with Crippen LogP contribution in [0.4, 0.5) is 45.5 Å². The van der Waals surface area contributed by atoms with Crippen LogP contribution in [0, 0.1) is 20.8 Å². The summed E-state index contributed by atoms with van der Waals surface area (Å²) in [6.07, 6.45) is 2.18. The monoisotopic (exact) mass is 898 g/mol. The quantitative estimate of drug-likeness (QED) is 0.163. The number of hydrogen-bond acceptors (Lipinski definition) is 3. The van der Waals surface area contributed by atoms with E-state index in [4.69, 9.17) is 0 Å². The fraction of sp³-hybridized carbons (Fsp3) is 0.262. The largest absolute Gasteiger partial charge is 0.330 e. The predicted octanol–water partition coefficient (Wildman–Crippen LogP) is 15.2. The molecule has 4 aliphatic rings. The molecule has 3 nitrogen and oxygen atoms in total. The number of para-hydroxylation sites is 1. The SMILES string of the molecule is Cc1cc2c3c(c1)N(c1ccc(C(C)(C)C)cc1-c1ccccc1)c1ccccc1B3c1ccc(N3c4c(C)cc(C)cc4C4(C)CCc5ccccc5C34C)cc1N2c1ccc(C(C)(C)C)cc1. The van der Waals surface area contributed by atoms with Crippen molar-refractivity contribution in [3.63, 3.8) is 0 Å². The fourth-order valence-electron chi connectivity index (χ4n) is 13.1. The van der Waals surface area contributed by atoms with Gasteiger partial charge in [0, 0.05) is 50.8 Å². The minimum absolute atomic E-state index is 0.00767. The Morgan fingerprint density at radius 1 is 0.493 bits per heavy atom. The van der Waals surface area contributed by atoms with E-state index in [1.54, 1.807) is 0 Å². The molecule has 342 valence electrons. The molecule has 0 saturated carbocycles. The Bertz CT molecular complexity index is 3390. The molecule has 4 heteroatoms. The molecule has 69 heavy (non-hydrogen) atoms. The van der Waals surface area contributed by atoms with Crippen molar-refractivity contribution < 1.29 is 0 Å². The van der Waals surface area contributed by atoms with E-state index in [1.165, 1.54) is 118 Å². The number of rotatable bonds is 4. The van der Waals surface area contributed by atoms with Crippen LogP contribution in [-0.2, 0) is 28.2 Å². The third-order valence-electron chi connectivity index (χ3n) is 16.8. The van der Waals surface area contributed by atoms with E-state index in [9.17, 15) is 0 Å². The molecule has 3 heterocycles. The van der Waals surface area contributed by atoms with Gasteiger partial charge in [-0.2, -0.15) is 0 Å². The van der Waals surface area contributed by atoms with E-state index in [0.29, 0.717) is 0 Å². The lowest BCUT2D eigenvalue weighted by atomic mass is 9.33. The highest BCUT2D eigenvalue weighted by Gasteiger charge is 2.60. The number of anilines is 8. The van der Waals surface area contributed by atoms with Crippen LogP contribution in [0.1, 0.15) is 106 Å². The van der Waals surface area contributed by atoms with Gasteiger partial charge in [0.25, 0.3) is 6.71 Å². The van der Waals surface area contributed by atoms with Crippen molar-refractivity contribution >= 4 is 68.6 Å². The lowest BCUT2D eigenvalue weighted by Gasteiger charge is -2.51. The number of aryl methyl sites for hydroxylation is 4. The molecule has 2 unspecified atom stereocenters. The van der Waals surface area contributed by atoms with Crippen LogP contribution in [0.2, 0.25) is 0 Å². The molecule has 0 amide bonds. The van der Waals surface area contributed by atoms with Crippen molar-refractivity contribution in [1.29, 1.82) is 0 Å². The van der Waals surface area contributed by atoms with Gasteiger partial charge in [0.2, 0.25) is 0 Å². The third-order valence-corrected chi connectivity index (χ3v) is 16.8. The Morgan fingerprint density at radius 2 is 1.12 bits per heavy atom. The Morgan fingerprint density at radius 3 is 1.86 bits per heavy atom. The molecule has 3 aliphatic heterocycles. The highest BCUT2D eigenvalue weighted by atomic mass is 15.3. The molecule has 0 saturated heterocycles.